The summed E-state index contributed by atoms with van der Waals surface area (Å²) in [6, 6.07) is 20.2. The summed E-state index contributed by atoms with van der Waals surface area (Å²) in [5, 5.41) is 12.9. The van der Waals surface area contributed by atoms with Crippen LogP contribution in [0.15, 0.2) is 60.7 Å². The molecule has 3 heterocycles. The van der Waals surface area contributed by atoms with Gasteiger partial charge < -0.3 is 14.8 Å². The summed E-state index contributed by atoms with van der Waals surface area (Å²) < 4.78 is 2.17. The van der Waals surface area contributed by atoms with Crippen LogP contribution in [0, 0.1) is 0 Å². The monoisotopic (exact) mass is 410 g/mol. The molecule has 7 nitrogen and oxygen atoms in total. The number of hydrogen-bond donors (Lipinski definition) is 1. The highest BCUT2D eigenvalue weighted by molar-refractivity contribution is 6.07. The van der Waals surface area contributed by atoms with E-state index in [1.54, 1.807) is 0 Å². The first kappa shape index (κ1) is 18.1. The van der Waals surface area contributed by atoms with E-state index in [4.69, 9.17) is 4.98 Å². The molecular formula is C24H22N6O. The predicted molar refractivity (Wildman–Crippen MR) is 119 cm³/mol. The van der Waals surface area contributed by atoms with E-state index in [2.05, 4.69) is 37.1 Å². The molecule has 31 heavy (non-hydrogen) atoms. The zero-order chi connectivity index (χ0) is 20.8. The third-order valence-corrected chi connectivity index (χ3v) is 5.97. The van der Waals surface area contributed by atoms with Crippen LogP contribution in [0.4, 0.5) is 5.82 Å². The summed E-state index contributed by atoms with van der Waals surface area (Å²) in [6.07, 6.45) is 2.13. The van der Waals surface area contributed by atoms with Crippen molar-refractivity contribution in [2.45, 2.75) is 32.0 Å². The number of aromatic nitrogens is 4. The van der Waals surface area contributed by atoms with Gasteiger partial charge in [0.25, 0.3) is 5.91 Å². The van der Waals surface area contributed by atoms with Crippen molar-refractivity contribution >= 4 is 22.6 Å². The maximum atomic E-state index is 12.9. The molecule has 2 aliphatic rings. The first-order valence-corrected chi connectivity index (χ1v) is 10.7. The molecule has 154 valence electrons. The fourth-order valence-corrected chi connectivity index (χ4v) is 4.16. The Morgan fingerprint density at radius 2 is 1.77 bits per heavy atom. The summed E-state index contributed by atoms with van der Waals surface area (Å²) >= 11 is 0. The Balaban J connectivity index is 1.35. The minimum absolute atomic E-state index is 0.0195. The van der Waals surface area contributed by atoms with Crippen molar-refractivity contribution in [2.75, 3.05) is 11.4 Å². The molecule has 0 bridgehead atoms. The summed E-state index contributed by atoms with van der Waals surface area (Å²) in [5.41, 5.74) is 2.58. The van der Waals surface area contributed by atoms with Crippen molar-refractivity contribution in [3.63, 3.8) is 0 Å². The minimum Gasteiger partial charge on any atom is -0.349 e. The van der Waals surface area contributed by atoms with E-state index in [9.17, 15) is 4.79 Å². The van der Waals surface area contributed by atoms with Crippen LogP contribution in [0.25, 0.3) is 22.3 Å². The van der Waals surface area contributed by atoms with E-state index in [-0.39, 0.29) is 5.91 Å². The summed E-state index contributed by atoms with van der Waals surface area (Å²) in [4.78, 5) is 20.0. The number of nitrogens with zero attached hydrogens (tertiary/aromatic N) is 5. The number of fused-ring (bicyclic) bond motifs is 2. The van der Waals surface area contributed by atoms with Crippen LogP contribution in [0.2, 0.25) is 0 Å². The average molecular weight is 410 g/mol. The Bertz CT molecular complexity index is 1280. The fourth-order valence-electron chi connectivity index (χ4n) is 4.16. The van der Waals surface area contributed by atoms with Gasteiger partial charge in [-0.25, -0.2) is 4.98 Å². The van der Waals surface area contributed by atoms with Crippen LogP contribution in [-0.4, -0.2) is 38.2 Å². The van der Waals surface area contributed by atoms with Crippen molar-refractivity contribution in [1.82, 2.24) is 25.1 Å². The topological polar surface area (TPSA) is 75.9 Å². The highest BCUT2D eigenvalue weighted by Crippen LogP contribution is 2.28. The normalized spacial score (nSPS) is 15.7. The molecule has 6 rings (SSSR count). The molecule has 1 amide bonds. The van der Waals surface area contributed by atoms with Crippen molar-refractivity contribution in [1.29, 1.82) is 0 Å². The summed E-state index contributed by atoms with van der Waals surface area (Å²) in [7, 11) is 0. The molecule has 0 atom stereocenters. The summed E-state index contributed by atoms with van der Waals surface area (Å²) in [5.74, 6) is 2.58. The number of anilines is 1. The molecule has 1 saturated carbocycles. The van der Waals surface area contributed by atoms with E-state index in [1.807, 2.05) is 48.5 Å². The number of rotatable bonds is 4. The number of pyridine rings is 1. The number of hydrogen-bond acceptors (Lipinski definition) is 5. The second-order valence-electron chi connectivity index (χ2n) is 8.17. The van der Waals surface area contributed by atoms with Gasteiger partial charge in [0.1, 0.15) is 5.82 Å². The predicted octanol–water partition coefficient (Wildman–Crippen LogP) is 3.41. The molecule has 2 aromatic carbocycles. The number of carbonyl (C=O) groups excluding carboxylic acids is 1. The van der Waals surface area contributed by atoms with Gasteiger partial charge in [0.15, 0.2) is 11.6 Å². The van der Waals surface area contributed by atoms with Crippen LogP contribution in [0.5, 0.6) is 0 Å². The minimum atomic E-state index is -0.0195. The molecule has 0 saturated heterocycles. The van der Waals surface area contributed by atoms with Crippen LogP contribution < -0.4 is 10.2 Å². The van der Waals surface area contributed by atoms with Gasteiger partial charge in [0, 0.05) is 30.1 Å². The van der Waals surface area contributed by atoms with Gasteiger partial charge in [0.2, 0.25) is 0 Å². The zero-order valence-electron chi connectivity index (χ0n) is 17.0. The number of nitrogens with one attached hydrogen (secondary N) is 1. The largest absolute Gasteiger partial charge is 0.349 e. The second-order valence-corrected chi connectivity index (χ2v) is 8.17. The number of para-hydroxylation sites is 1. The molecule has 7 heteroatoms. The van der Waals surface area contributed by atoms with Crippen molar-refractivity contribution in [3.8, 4) is 11.4 Å². The molecule has 1 aliphatic carbocycles. The van der Waals surface area contributed by atoms with Crippen molar-refractivity contribution in [3.05, 3.63) is 72.1 Å². The average Bonchev–Trinajstić information content (AvgIpc) is 3.53. The van der Waals surface area contributed by atoms with Gasteiger partial charge in [-0.15, -0.1) is 10.2 Å². The van der Waals surface area contributed by atoms with Gasteiger partial charge >= 0.3 is 0 Å². The molecule has 1 fully saturated rings. The second kappa shape index (κ2) is 7.19. The summed E-state index contributed by atoms with van der Waals surface area (Å²) in [6.45, 7) is 2.15. The van der Waals surface area contributed by atoms with Crippen LogP contribution in [-0.2, 0) is 13.1 Å². The van der Waals surface area contributed by atoms with E-state index < -0.39 is 0 Å². The molecular weight excluding hydrogens is 388 g/mol. The Morgan fingerprint density at radius 1 is 0.968 bits per heavy atom. The van der Waals surface area contributed by atoms with E-state index in [0.717, 1.165) is 59.9 Å². The van der Waals surface area contributed by atoms with E-state index in [1.165, 1.54) is 0 Å². The van der Waals surface area contributed by atoms with Gasteiger partial charge in [-0.05, 0) is 25.0 Å². The molecule has 0 unspecified atom stereocenters. The van der Waals surface area contributed by atoms with Gasteiger partial charge in [0.05, 0.1) is 17.6 Å². The third kappa shape index (κ3) is 3.32. The van der Waals surface area contributed by atoms with Crippen molar-refractivity contribution in [2.24, 2.45) is 0 Å². The highest BCUT2D eigenvalue weighted by Gasteiger charge is 2.27. The lowest BCUT2D eigenvalue weighted by Crippen LogP contribution is -2.35. The first-order valence-electron chi connectivity index (χ1n) is 10.7. The maximum Gasteiger partial charge on any atom is 0.252 e. The molecule has 0 radical (unpaired) electrons. The van der Waals surface area contributed by atoms with E-state index in [0.29, 0.717) is 18.2 Å². The molecule has 0 spiro atoms. The smallest absolute Gasteiger partial charge is 0.252 e. The number of carbonyl (C=O) groups is 1. The number of amides is 1. The fraction of sp³-hybridized carbons (Fsp3) is 0.250. The Labute approximate surface area is 179 Å². The lowest BCUT2D eigenvalue weighted by molar-refractivity contribution is 0.0952. The molecule has 1 N–H and O–H groups in total. The van der Waals surface area contributed by atoms with Gasteiger partial charge in [-0.2, -0.15) is 0 Å². The maximum absolute atomic E-state index is 12.9. The molecule has 2 aromatic heterocycles. The van der Waals surface area contributed by atoms with E-state index >= 15 is 0 Å². The lowest BCUT2D eigenvalue weighted by Gasteiger charge is -2.29. The van der Waals surface area contributed by atoms with Gasteiger partial charge in [-0.1, -0.05) is 48.5 Å². The Morgan fingerprint density at radius 3 is 2.61 bits per heavy atom. The highest BCUT2D eigenvalue weighted by atomic mass is 16.1. The Hall–Kier alpha value is -3.74. The van der Waals surface area contributed by atoms with Gasteiger partial charge in [-0.3, -0.25) is 4.79 Å². The standard InChI is InChI=1S/C24H22N6O/c31-24(25-17-10-11-17)19-14-21(26-20-9-5-4-8-18(19)20)29-12-13-30-22(15-29)27-28-23(30)16-6-2-1-3-7-16/h1-9,14,17H,10-13,15H2,(H,25,31). The van der Waals surface area contributed by atoms with Crippen molar-refractivity contribution < 1.29 is 4.79 Å². The molecule has 4 aromatic rings. The Kier molecular flexibility index (Phi) is 4.19. The number of benzene rings is 2. The first-order chi connectivity index (χ1) is 15.3. The lowest BCUT2D eigenvalue weighted by atomic mass is 10.1. The van der Waals surface area contributed by atoms with Crippen LogP contribution in [0.3, 0.4) is 0 Å². The SMILES string of the molecule is O=C(NC1CC1)c1cc(N2CCn3c(nnc3-c3ccccc3)C2)nc2ccccc12. The van der Waals surface area contributed by atoms with Crippen LogP contribution >= 0.6 is 0 Å². The van der Waals surface area contributed by atoms with Crippen LogP contribution in [0.1, 0.15) is 29.0 Å². The quantitative estimate of drug-likeness (QED) is 0.558. The molecule has 1 aliphatic heterocycles. The zero-order valence-corrected chi connectivity index (χ0v) is 17.0. The third-order valence-electron chi connectivity index (χ3n) is 5.97.